The highest BCUT2D eigenvalue weighted by Crippen LogP contribution is 2.49. The molecule has 0 bridgehead atoms. The smallest absolute Gasteiger partial charge is 0.0453 e. The molecule has 0 amide bonds. The van der Waals surface area contributed by atoms with Crippen molar-refractivity contribution >= 4 is 11.4 Å². The number of hydrogen-bond donors (Lipinski definition) is 0. The van der Waals surface area contributed by atoms with Crippen molar-refractivity contribution in [1.29, 1.82) is 0 Å². The van der Waals surface area contributed by atoms with E-state index in [1.54, 1.807) is 22.3 Å². The first-order valence-corrected chi connectivity index (χ1v) is 22.1. The molecule has 1 heterocycles. The summed E-state index contributed by atoms with van der Waals surface area (Å²) in [4.78, 5) is 5.33. The van der Waals surface area contributed by atoms with Gasteiger partial charge in [-0.15, -0.1) is 0 Å². The zero-order valence-electron chi connectivity index (χ0n) is 33.2. The van der Waals surface area contributed by atoms with Gasteiger partial charge < -0.3 is 9.80 Å². The van der Waals surface area contributed by atoms with Gasteiger partial charge in [0.15, 0.2) is 0 Å². The molecule has 5 atom stereocenters. The molecule has 0 saturated heterocycles. The summed E-state index contributed by atoms with van der Waals surface area (Å²) in [5, 5.41) is 0. The van der Waals surface area contributed by atoms with Gasteiger partial charge in [0.25, 0.3) is 0 Å². The van der Waals surface area contributed by atoms with E-state index in [9.17, 15) is 0 Å². The molecule has 2 aromatic rings. The van der Waals surface area contributed by atoms with Crippen LogP contribution in [0.25, 0.3) is 0 Å². The van der Waals surface area contributed by atoms with Gasteiger partial charge in [0.2, 0.25) is 0 Å². The molecule has 56 heavy (non-hydrogen) atoms. The van der Waals surface area contributed by atoms with Crippen molar-refractivity contribution in [3.63, 3.8) is 0 Å². The lowest BCUT2D eigenvalue weighted by Crippen LogP contribution is -2.30. The summed E-state index contributed by atoms with van der Waals surface area (Å²) in [6, 6.07) is 19.1. The standard InChI is InChI=1S/C54H58N2/c1-3-12-39(13-4-1)41-22-24-42(25-23-41)44-28-34-48(35-29-44)55(47-32-26-43(27-33-47)40-14-5-2-6-15-40)49-36-30-45(31-37-49)46-16-11-17-50(38-46)56-53-20-9-7-18-51(53)52-19-8-10-21-54(52)56/h1,3,5,7-9,11-12,14-20,22,28,30,32,34,36-38,42-43,45,52,54H,2,4,6,10,13,21,23-27,29,31,33,35H2. The van der Waals surface area contributed by atoms with Crippen LogP contribution < -0.4 is 4.90 Å². The third-order valence-corrected chi connectivity index (χ3v) is 14.2. The highest BCUT2D eigenvalue weighted by Gasteiger charge is 2.38. The molecule has 0 fully saturated rings. The van der Waals surface area contributed by atoms with Gasteiger partial charge >= 0.3 is 0 Å². The molecule has 10 rings (SSSR count). The lowest BCUT2D eigenvalue weighted by atomic mass is 9.78. The monoisotopic (exact) mass is 734 g/mol. The van der Waals surface area contributed by atoms with Crippen LogP contribution in [-0.4, -0.2) is 10.9 Å². The van der Waals surface area contributed by atoms with Crippen LogP contribution in [0.1, 0.15) is 119 Å². The Morgan fingerprint density at radius 1 is 0.607 bits per heavy atom. The molecule has 1 aliphatic heterocycles. The first-order valence-electron chi connectivity index (χ1n) is 22.1. The zero-order chi connectivity index (χ0) is 37.3. The minimum atomic E-state index is 0.381. The third kappa shape index (κ3) is 7.06. The lowest BCUT2D eigenvalue weighted by Gasteiger charge is -2.37. The van der Waals surface area contributed by atoms with Gasteiger partial charge in [-0.3, -0.25) is 0 Å². The number of allylic oxidation sites excluding steroid dienone is 20. The summed E-state index contributed by atoms with van der Waals surface area (Å²) >= 11 is 0. The maximum absolute atomic E-state index is 2.68. The first-order chi connectivity index (χ1) is 27.8. The van der Waals surface area contributed by atoms with Crippen molar-refractivity contribution in [2.45, 2.75) is 114 Å². The van der Waals surface area contributed by atoms with Gasteiger partial charge in [-0.2, -0.15) is 0 Å². The fourth-order valence-electron chi connectivity index (χ4n) is 11.1. The molecule has 5 unspecified atom stereocenters. The fourth-order valence-corrected chi connectivity index (χ4v) is 11.1. The first kappa shape index (κ1) is 35.6. The van der Waals surface area contributed by atoms with Crippen molar-refractivity contribution < 1.29 is 0 Å². The Morgan fingerprint density at radius 3 is 2.34 bits per heavy atom. The molecule has 2 heteroatoms. The SMILES string of the molecule is C1=CCCC(C2=CCC(C3=CC=C(N(C4=CCC(c5cccc(N6c7ccccc7C7C=CCCC76)c5)C=C4)C4=CCC(C5=CCCC=C5)CC4)CC3)CC2)=C1. The molecule has 0 aromatic heterocycles. The normalized spacial score (nSPS) is 28.2. The Kier molecular flexibility index (Phi) is 10.1. The quantitative estimate of drug-likeness (QED) is 0.249. The second-order valence-corrected chi connectivity index (χ2v) is 17.4. The van der Waals surface area contributed by atoms with E-state index in [2.05, 4.69) is 149 Å². The second kappa shape index (κ2) is 16.0. The minimum Gasteiger partial charge on any atom is -0.337 e. The number of rotatable bonds is 8. The maximum Gasteiger partial charge on any atom is 0.0453 e. The highest BCUT2D eigenvalue weighted by molar-refractivity contribution is 5.74. The predicted octanol–water partition coefficient (Wildman–Crippen LogP) is 14.4. The molecule has 8 aliphatic rings. The van der Waals surface area contributed by atoms with Gasteiger partial charge in [-0.05, 0) is 166 Å². The van der Waals surface area contributed by atoms with E-state index < -0.39 is 0 Å². The Morgan fingerprint density at radius 2 is 1.55 bits per heavy atom. The average molecular weight is 735 g/mol. The van der Waals surface area contributed by atoms with Crippen LogP contribution in [0.2, 0.25) is 0 Å². The molecular weight excluding hydrogens is 677 g/mol. The van der Waals surface area contributed by atoms with E-state index in [1.807, 2.05) is 0 Å². The van der Waals surface area contributed by atoms with Crippen LogP contribution in [0.4, 0.5) is 11.4 Å². The van der Waals surface area contributed by atoms with Crippen LogP contribution in [0.5, 0.6) is 0 Å². The number of hydrogen-bond acceptors (Lipinski definition) is 2. The van der Waals surface area contributed by atoms with Crippen LogP contribution >= 0.6 is 0 Å². The Hall–Kier alpha value is -4.82. The molecule has 0 saturated carbocycles. The van der Waals surface area contributed by atoms with Crippen LogP contribution in [0.3, 0.4) is 0 Å². The van der Waals surface area contributed by atoms with Crippen molar-refractivity contribution in [1.82, 2.24) is 4.90 Å². The Balaban J connectivity index is 0.893. The summed E-state index contributed by atoms with van der Waals surface area (Å²) in [6.07, 6.45) is 54.5. The average Bonchev–Trinajstić information content (AvgIpc) is 3.62. The Bertz CT molecular complexity index is 2190. The molecular formula is C54H58N2. The molecule has 0 radical (unpaired) electrons. The highest BCUT2D eigenvalue weighted by atomic mass is 15.2. The maximum atomic E-state index is 2.68. The van der Waals surface area contributed by atoms with E-state index in [-0.39, 0.29) is 0 Å². The minimum absolute atomic E-state index is 0.381. The summed E-state index contributed by atoms with van der Waals surface area (Å²) in [5.41, 5.74) is 16.4. The molecule has 2 nitrogen and oxygen atoms in total. The van der Waals surface area contributed by atoms with Crippen molar-refractivity contribution in [3.8, 4) is 0 Å². The molecule has 0 N–H and O–H groups in total. The summed E-state index contributed by atoms with van der Waals surface area (Å²) < 4.78 is 0. The summed E-state index contributed by atoms with van der Waals surface area (Å²) in [5.74, 6) is 2.22. The topological polar surface area (TPSA) is 6.48 Å². The van der Waals surface area contributed by atoms with Crippen LogP contribution in [0, 0.1) is 11.8 Å². The van der Waals surface area contributed by atoms with Crippen molar-refractivity contribution in [2.24, 2.45) is 11.8 Å². The van der Waals surface area contributed by atoms with Crippen LogP contribution in [-0.2, 0) is 0 Å². The van der Waals surface area contributed by atoms with Crippen molar-refractivity contribution in [2.75, 3.05) is 4.90 Å². The molecule has 284 valence electrons. The third-order valence-electron chi connectivity index (χ3n) is 14.2. The van der Waals surface area contributed by atoms with Gasteiger partial charge in [-0.1, -0.05) is 115 Å². The van der Waals surface area contributed by atoms with Gasteiger partial charge in [-0.25, -0.2) is 0 Å². The van der Waals surface area contributed by atoms with Gasteiger partial charge in [0, 0.05) is 46.3 Å². The van der Waals surface area contributed by atoms with E-state index >= 15 is 0 Å². The Labute approximate surface area is 336 Å². The number of fused-ring (bicyclic) bond motifs is 3. The number of anilines is 2. The van der Waals surface area contributed by atoms with E-state index in [4.69, 9.17) is 0 Å². The van der Waals surface area contributed by atoms with Gasteiger partial charge in [0.05, 0.1) is 0 Å². The zero-order valence-corrected chi connectivity index (χ0v) is 33.2. The van der Waals surface area contributed by atoms with E-state index in [1.165, 1.54) is 104 Å². The molecule has 7 aliphatic carbocycles. The predicted molar refractivity (Wildman–Crippen MR) is 236 cm³/mol. The number of para-hydroxylation sites is 1. The van der Waals surface area contributed by atoms with E-state index in [0.29, 0.717) is 29.7 Å². The van der Waals surface area contributed by atoms with Gasteiger partial charge in [0.1, 0.15) is 0 Å². The molecule has 2 aromatic carbocycles. The van der Waals surface area contributed by atoms with Crippen molar-refractivity contribution in [3.05, 3.63) is 190 Å². The van der Waals surface area contributed by atoms with E-state index in [0.717, 1.165) is 32.1 Å². The summed E-state index contributed by atoms with van der Waals surface area (Å²) in [7, 11) is 0. The van der Waals surface area contributed by atoms with Crippen LogP contribution in [0.15, 0.2) is 179 Å². The largest absolute Gasteiger partial charge is 0.337 e. The number of nitrogens with zero attached hydrogens (tertiary/aromatic N) is 2. The fraction of sp³-hybridized carbons (Fsp3) is 0.370. The molecule has 0 spiro atoms. The second-order valence-electron chi connectivity index (χ2n) is 17.4. The lowest BCUT2D eigenvalue weighted by molar-refractivity contribution is 0.425. The number of benzene rings is 2. The summed E-state index contributed by atoms with van der Waals surface area (Å²) in [6.45, 7) is 0.